The predicted octanol–water partition coefficient (Wildman–Crippen LogP) is 2.76. The molecule has 0 aromatic heterocycles. The number of aliphatic imine (C=N–C) groups is 1. The Morgan fingerprint density at radius 1 is 1.22 bits per heavy atom. The molecule has 0 bridgehead atoms. The lowest BCUT2D eigenvalue weighted by Gasteiger charge is -2.34. The Kier molecular flexibility index (Phi) is 4.20. The molecule has 3 rings (SSSR count). The number of nitrogens with zero attached hydrogens (tertiary/aromatic N) is 2. The zero-order valence-electron chi connectivity index (χ0n) is 13.4. The average Bonchev–Trinajstić information content (AvgIpc) is 2.69. The molecular weight excluding hydrogens is 292 g/mol. The van der Waals surface area contributed by atoms with E-state index in [2.05, 4.69) is 0 Å². The third-order valence-corrected chi connectivity index (χ3v) is 4.87. The minimum Gasteiger partial charge on any atom is -0.480 e. The summed E-state index contributed by atoms with van der Waals surface area (Å²) in [5.74, 6) is -1.23. The van der Waals surface area contributed by atoms with Crippen LogP contribution in [0.3, 0.4) is 0 Å². The Morgan fingerprint density at radius 3 is 2.48 bits per heavy atom. The molecule has 23 heavy (non-hydrogen) atoms. The monoisotopic (exact) mass is 314 g/mol. The number of benzene rings is 1. The van der Waals surface area contributed by atoms with Crippen molar-refractivity contribution < 1.29 is 14.7 Å². The predicted molar refractivity (Wildman–Crippen MR) is 87.5 cm³/mol. The minimum atomic E-state index is -0.983. The van der Waals surface area contributed by atoms with Crippen molar-refractivity contribution >= 4 is 17.6 Å². The fraction of sp³-hybridized carbons (Fsp3) is 0.500. The molecule has 5 heteroatoms. The minimum absolute atomic E-state index is 0.247. The maximum Gasteiger partial charge on any atom is 0.323 e. The molecule has 1 fully saturated rings. The van der Waals surface area contributed by atoms with E-state index >= 15 is 0 Å². The van der Waals surface area contributed by atoms with E-state index < -0.39 is 11.6 Å². The fourth-order valence-electron chi connectivity index (χ4n) is 3.68. The van der Waals surface area contributed by atoms with E-state index in [4.69, 9.17) is 4.99 Å². The molecule has 0 saturated heterocycles. The summed E-state index contributed by atoms with van der Waals surface area (Å²) in [7, 11) is 0. The van der Waals surface area contributed by atoms with Crippen molar-refractivity contribution in [2.24, 2.45) is 4.99 Å². The molecule has 2 aliphatic rings. The Bertz CT molecular complexity index is 658. The van der Waals surface area contributed by atoms with E-state index in [1.807, 2.05) is 31.2 Å². The largest absolute Gasteiger partial charge is 0.480 e. The van der Waals surface area contributed by atoms with Gasteiger partial charge in [-0.25, -0.2) is 0 Å². The van der Waals surface area contributed by atoms with Gasteiger partial charge in [-0.3, -0.25) is 14.6 Å². The number of carbonyl (C=O) groups is 2. The zero-order chi connectivity index (χ0) is 16.4. The molecule has 1 amide bonds. The first kappa shape index (κ1) is 15.7. The SMILES string of the molecule is Cc1ccccc1C1=NC2(CCCCCC2)N(CC(=O)O)C1=O. The number of aryl methyl sites for hydroxylation is 1. The van der Waals surface area contributed by atoms with Crippen LogP contribution in [0.4, 0.5) is 0 Å². The van der Waals surface area contributed by atoms with Crippen molar-refractivity contribution in [2.75, 3.05) is 6.54 Å². The lowest BCUT2D eigenvalue weighted by atomic mass is 10.00. The van der Waals surface area contributed by atoms with Crippen molar-refractivity contribution in [3.05, 3.63) is 35.4 Å². The van der Waals surface area contributed by atoms with Crippen molar-refractivity contribution in [1.29, 1.82) is 0 Å². The van der Waals surface area contributed by atoms with Crippen LogP contribution >= 0.6 is 0 Å². The molecule has 1 N–H and O–H groups in total. The van der Waals surface area contributed by atoms with Crippen LogP contribution < -0.4 is 0 Å². The van der Waals surface area contributed by atoms with Gasteiger partial charge in [-0.2, -0.15) is 0 Å². The number of carbonyl (C=O) groups excluding carboxylic acids is 1. The smallest absolute Gasteiger partial charge is 0.323 e. The highest BCUT2D eigenvalue weighted by atomic mass is 16.4. The summed E-state index contributed by atoms with van der Waals surface area (Å²) in [6.07, 6.45) is 5.70. The van der Waals surface area contributed by atoms with E-state index in [1.165, 1.54) is 4.90 Å². The molecule has 0 atom stereocenters. The van der Waals surface area contributed by atoms with Crippen LogP contribution in [0.1, 0.15) is 49.7 Å². The highest BCUT2D eigenvalue weighted by molar-refractivity contribution is 6.47. The summed E-state index contributed by atoms with van der Waals surface area (Å²) < 4.78 is 0. The summed E-state index contributed by atoms with van der Waals surface area (Å²) in [6.45, 7) is 1.67. The van der Waals surface area contributed by atoms with Gasteiger partial charge in [0.05, 0.1) is 0 Å². The first-order valence-corrected chi connectivity index (χ1v) is 8.23. The second-order valence-electron chi connectivity index (χ2n) is 6.46. The molecular formula is C18H22N2O3. The summed E-state index contributed by atoms with van der Waals surface area (Å²) in [4.78, 5) is 30.5. The van der Waals surface area contributed by atoms with Crippen molar-refractivity contribution in [1.82, 2.24) is 4.90 Å². The van der Waals surface area contributed by atoms with Crippen molar-refractivity contribution in [3.63, 3.8) is 0 Å². The molecule has 1 heterocycles. The lowest BCUT2D eigenvalue weighted by Crippen LogP contribution is -2.49. The highest BCUT2D eigenvalue weighted by Crippen LogP contribution is 2.38. The zero-order valence-corrected chi connectivity index (χ0v) is 13.4. The normalized spacial score (nSPS) is 20.5. The average molecular weight is 314 g/mol. The van der Waals surface area contributed by atoms with Crippen LogP contribution in [0.5, 0.6) is 0 Å². The molecule has 5 nitrogen and oxygen atoms in total. The highest BCUT2D eigenvalue weighted by Gasteiger charge is 2.47. The summed E-state index contributed by atoms with van der Waals surface area (Å²) >= 11 is 0. The standard InChI is InChI=1S/C18H22N2O3/c1-13-8-4-5-9-14(13)16-17(23)20(12-15(21)22)18(19-16)10-6-2-3-7-11-18/h4-5,8-9H,2-3,6-7,10-12H2,1H3,(H,21,22). The molecule has 1 saturated carbocycles. The number of carboxylic acids is 1. The number of hydrogen-bond acceptors (Lipinski definition) is 3. The third kappa shape index (κ3) is 2.87. The number of rotatable bonds is 3. The maximum atomic E-state index is 12.9. The van der Waals surface area contributed by atoms with Crippen LogP contribution in [-0.2, 0) is 9.59 Å². The van der Waals surface area contributed by atoms with Crippen LogP contribution in [0.15, 0.2) is 29.3 Å². The van der Waals surface area contributed by atoms with Gasteiger partial charge < -0.3 is 10.0 Å². The number of carboxylic acid groups (broad SMARTS) is 1. The van der Waals surface area contributed by atoms with E-state index in [-0.39, 0.29) is 12.5 Å². The Hall–Kier alpha value is -2.17. The van der Waals surface area contributed by atoms with Crippen LogP contribution in [0, 0.1) is 6.92 Å². The van der Waals surface area contributed by atoms with Gasteiger partial charge in [-0.15, -0.1) is 0 Å². The fourth-order valence-corrected chi connectivity index (χ4v) is 3.68. The van der Waals surface area contributed by atoms with E-state index in [1.54, 1.807) is 0 Å². The van der Waals surface area contributed by atoms with Crippen LogP contribution in [-0.4, -0.2) is 39.8 Å². The molecule has 1 aliphatic heterocycles. The molecule has 0 unspecified atom stereocenters. The summed E-state index contributed by atoms with van der Waals surface area (Å²) in [5, 5.41) is 9.24. The van der Waals surface area contributed by atoms with Crippen LogP contribution in [0.25, 0.3) is 0 Å². The number of amides is 1. The Morgan fingerprint density at radius 2 is 1.87 bits per heavy atom. The van der Waals surface area contributed by atoms with Gasteiger partial charge in [0.1, 0.15) is 17.9 Å². The van der Waals surface area contributed by atoms with Gasteiger partial charge in [-0.1, -0.05) is 37.1 Å². The first-order valence-electron chi connectivity index (χ1n) is 8.23. The molecule has 122 valence electrons. The second-order valence-corrected chi connectivity index (χ2v) is 6.46. The van der Waals surface area contributed by atoms with E-state index in [0.29, 0.717) is 5.71 Å². The van der Waals surface area contributed by atoms with Gasteiger partial charge in [-0.05, 0) is 38.2 Å². The van der Waals surface area contributed by atoms with Gasteiger partial charge in [0.25, 0.3) is 5.91 Å². The number of aliphatic carboxylic acids is 1. The van der Waals surface area contributed by atoms with E-state index in [9.17, 15) is 14.7 Å². The van der Waals surface area contributed by atoms with Gasteiger partial charge in [0, 0.05) is 5.56 Å². The molecule has 1 aromatic carbocycles. The van der Waals surface area contributed by atoms with Crippen molar-refractivity contribution in [3.8, 4) is 0 Å². The molecule has 1 aliphatic carbocycles. The van der Waals surface area contributed by atoms with Gasteiger partial charge >= 0.3 is 5.97 Å². The second kappa shape index (κ2) is 6.14. The third-order valence-electron chi connectivity index (χ3n) is 4.87. The van der Waals surface area contributed by atoms with Gasteiger partial charge in [0.15, 0.2) is 0 Å². The summed E-state index contributed by atoms with van der Waals surface area (Å²) in [5.41, 5.74) is 1.56. The van der Waals surface area contributed by atoms with Gasteiger partial charge in [0.2, 0.25) is 0 Å². The summed E-state index contributed by atoms with van der Waals surface area (Å²) in [6, 6.07) is 7.65. The lowest BCUT2D eigenvalue weighted by molar-refractivity contribution is -0.145. The Balaban J connectivity index is 2.05. The van der Waals surface area contributed by atoms with Crippen molar-refractivity contribution in [2.45, 2.75) is 51.1 Å². The topological polar surface area (TPSA) is 70.0 Å². The number of hydrogen-bond donors (Lipinski definition) is 1. The first-order chi connectivity index (χ1) is 11.0. The molecule has 0 radical (unpaired) electrons. The molecule has 1 spiro atoms. The molecule has 1 aromatic rings. The van der Waals surface area contributed by atoms with E-state index in [0.717, 1.165) is 49.7 Å². The Labute approximate surface area is 136 Å². The maximum absolute atomic E-state index is 12.9. The van der Waals surface area contributed by atoms with Crippen LogP contribution in [0.2, 0.25) is 0 Å². The quantitative estimate of drug-likeness (QED) is 0.932.